The van der Waals surface area contributed by atoms with Crippen molar-refractivity contribution in [1.29, 1.82) is 0 Å². The van der Waals surface area contributed by atoms with Crippen LogP contribution < -0.4 is 4.74 Å². The van der Waals surface area contributed by atoms with Crippen LogP contribution in [-0.2, 0) is 0 Å². The van der Waals surface area contributed by atoms with Crippen molar-refractivity contribution in [3.63, 3.8) is 0 Å². The van der Waals surface area contributed by atoms with Crippen LogP contribution in [0.2, 0.25) is 0 Å². The average molecular weight is 840 g/mol. The molecule has 308 valence electrons. The maximum Gasteiger partial charge on any atom is 0.135 e. The van der Waals surface area contributed by atoms with Crippen LogP contribution in [0.4, 0.5) is 0 Å². The maximum absolute atomic E-state index is 7.32. The number of benzene rings is 11. The summed E-state index contributed by atoms with van der Waals surface area (Å²) in [6, 6.07) is 79.9. The Balaban J connectivity index is 0.944. The zero-order valence-electron chi connectivity index (χ0n) is 36.1. The molecule has 0 radical (unpaired) electrons. The highest BCUT2D eigenvalue weighted by molar-refractivity contribution is 6.27. The van der Waals surface area contributed by atoms with E-state index in [2.05, 4.69) is 235 Å². The largest absolute Gasteiger partial charge is 0.484 e. The molecule has 1 aliphatic heterocycles. The van der Waals surface area contributed by atoms with Gasteiger partial charge in [-0.05, 0) is 101 Å². The quantitative estimate of drug-likeness (QED) is 0.158. The minimum atomic E-state index is -0.108. The van der Waals surface area contributed by atoms with Gasteiger partial charge in [-0.15, -0.1) is 0 Å². The first-order valence-corrected chi connectivity index (χ1v) is 23.0. The van der Waals surface area contributed by atoms with Gasteiger partial charge in [0.05, 0.1) is 11.0 Å². The van der Waals surface area contributed by atoms with Crippen LogP contribution in [0, 0.1) is 0 Å². The average Bonchev–Trinajstić information content (AvgIpc) is 3.93. The molecule has 1 unspecified atom stereocenters. The smallest absolute Gasteiger partial charge is 0.135 e. The van der Waals surface area contributed by atoms with Gasteiger partial charge >= 0.3 is 0 Å². The lowest BCUT2D eigenvalue weighted by Crippen LogP contribution is -2.15. The van der Waals surface area contributed by atoms with Crippen LogP contribution in [-0.4, -0.2) is 10.7 Å². The number of rotatable bonds is 5. The Hall–Kier alpha value is -8.46. The van der Waals surface area contributed by atoms with E-state index in [-0.39, 0.29) is 6.10 Å². The van der Waals surface area contributed by atoms with E-state index in [1.54, 1.807) is 0 Å². The molecule has 11 aromatic carbocycles. The Morgan fingerprint density at radius 2 is 0.803 bits per heavy atom. The lowest BCUT2D eigenvalue weighted by molar-refractivity contribution is 0.282. The number of fused-ring (bicyclic) bond motifs is 10. The fourth-order valence-electron chi connectivity index (χ4n) is 11.6. The normalized spacial score (nSPS) is 14.5. The Morgan fingerprint density at radius 1 is 0.348 bits per heavy atom. The number of hydrogen-bond acceptors (Lipinski definition) is 1. The van der Waals surface area contributed by atoms with Crippen molar-refractivity contribution in [2.24, 2.45) is 0 Å². The van der Waals surface area contributed by atoms with Gasteiger partial charge in [0.25, 0.3) is 0 Å². The lowest BCUT2D eigenvalue weighted by Gasteiger charge is -2.23. The highest BCUT2D eigenvalue weighted by atomic mass is 16.5. The second-order valence-electron chi connectivity index (χ2n) is 17.7. The van der Waals surface area contributed by atoms with E-state index in [1.165, 1.54) is 115 Å². The van der Waals surface area contributed by atoms with Crippen LogP contribution >= 0.6 is 0 Å². The molecule has 0 spiro atoms. The van der Waals surface area contributed by atoms with Gasteiger partial charge in [-0.3, -0.25) is 0 Å². The molecule has 0 bridgehead atoms. The van der Waals surface area contributed by atoms with E-state index in [0.29, 0.717) is 0 Å². The van der Waals surface area contributed by atoms with Gasteiger partial charge in [-0.25, -0.2) is 0 Å². The molecule has 0 fully saturated rings. The molecule has 0 amide bonds. The predicted molar refractivity (Wildman–Crippen MR) is 279 cm³/mol. The molecule has 2 heterocycles. The van der Waals surface area contributed by atoms with Gasteiger partial charge in [0.15, 0.2) is 0 Å². The second-order valence-corrected chi connectivity index (χ2v) is 17.7. The molecular weight excluding hydrogens is 799 g/mol. The molecule has 66 heavy (non-hydrogen) atoms. The maximum atomic E-state index is 7.32. The Morgan fingerprint density at radius 3 is 1.42 bits per heavy atom. The fraction of sp³-hybridized carbons (Fsp3) is 0.0312. The van der Waals surface area contributed by atoms with Crippen LogP contribution in [0.15, 0.2) is 231 Å². The van der Waals surface area contributed by atoms with Crippen molar-refractivity contribution in [2.45, 2.75) is 12.5 Å². The lowest BCUT2D eigenvalue weighted by atomic mass is 9.82. The van der Waals surface area contributed by atoms with Crippen molar-refractivity contribution >= 4 is 76.0 Å². The molecule has 2 aliphatic rings. The zero-order valence-corrected chi connectivity index (χ0v) is 36.1. The number of ether oxygens (including phenoxy) is 1. The molecule has 0 saturated carbocycles. The van der Waals surface area contributed by atoms with Gasteiger partial charge in [0, 0.05) is 45.1 Å². The summed E-state index contributed by atoms with van der Waals surface area (Å²) >= 11 is 0. The number of aromatic nitrogens is 1. The summed E-state index contributed by atoms with van der Waals surface area (Å²) in [5, 5.41) is 12.5. The number of hydrogen-bond donors (Lipinski definition) is 0. The first-order chi connectivity index (χ1) is 32.8. The molecule has 0 N–H and O–H groups in total. The topological polar surface area (TPSA) is 14.2 Å². The monoisotopic (exact) mass is 839 g/mol. The summed E-state index contributed by atoms with van der Waals surface area (Å²) in [5.41, 5.74) is 15.9. The van der Waals surface area contributed by atoms with E-state index in [4.69, 9.17) is 4.74 Å². The Bertz CT molecular complexity index is 3930. The molecular formula is C64H41NO. The van der Waals surface area contributed by atoms with Crippen LogP contribution in [0.1, 0.15) is 17.5 Å². The van der Waals surface area contributed by atoms with E-state index in [9.17, 15) is 0 Å². The van der Waals surface area contributed by atoms with Gasteiger partial charge in [0.2, 0.25) is 0 Å². The van der Waals surface area contributed by atoms with E-state index < -0.39 is 0 Å². The number of para-hydroxylation sites is 3. The Labute approximate surface area is 382 Å². The van der Waals surface area contributed by atoms with E-state index >= 15 is 0 Å². The zero-order chi connectivity index (χ0) is 43.3. The molecule has 2 nitrogen and oxygen atoms in total. The highest BCUT2D eigenvalue weighted by Crippen LogP contribution is 2.54. The summed E-state index contributed by atoms with van der Waals surface area (Å²) in [7, 11) is 0. The van der Waals surface area contributed by atoms with Crippen molar-refractivity contribution in [3.05, 3.63) is 242 Å². The summed E-state index contributed by atoms with van der Waals surface area (Å²) < 4.78 is 9.73. The highest BCUT2D eigenvalue weighted by Gasteiger charge is 2.35. The van der Waals surface area contributed by atoms with Crippen molar-refractivity contribution in [3.8, 4) is 44.8 Å². The third-order valence-electron chi connectivity index (χ3n) is 14.3. The number of nitrogens with zero attached hydrogens (tertiary/aromatic N) is 1. The minimum Gasteiger partial charge on any atom is -0.484 e. The van der Waals surface area contributed by atoms with E-state index in [1.807, 2.05) is 0 Å². The van der Waals surface area contributed by atoms with Gasteiger partial charge < -0.3 is 9.30 Å². The summed E-state index contributed by atoms with van der Waals surface area (Å²) in [5.74, 6) is 0.966. The first-order valence-electron chi connectivity index (χ1n) is 23.0. The van der Waals surface area contributed by atoms with Crippen molar-refractivity contribution in [1.82, 2.24) is 4.57 Å². The minimum absolute atomic E-state index is 0.108. The summed E-state index contributed by atoms with van der Waals surface area (Å²) in [6.45, 7) is 0. The second kappa shape index (κ2) is 14.5. The van der Waals surface area contributed by atoms with Crippen molar-refractivity contribution < 1.29 is 4.74 Å². The van der Waals surface area contributed by atoms with Crippen molar-refractivity contribution in [2.75, 3.05) is 0 Å². The number of allylic oxidation sites excluding steroid dienone is 2. The molecule has 1 aliphatic carbocycles. The Kier molecular flexibility index (Phi) is 8.14. The predicted octanol–water partition coefficient (Wildman–Crippen LogP) is 17.0. The van der Waals surface area contributed by atoms with E-state index in [0.717, 1.165) is 23.4 Å². The van der Waals surface area contributed by atoms with Crippen LogP contribution in [0.25, 0.3) is 115 Å². The van der Waals surface area contributed by atoms with Gasteiger partial charge in [-0.2, -0.15) is 0 Å². The van der Waals surface area contributed by atoms with Gasteiger partial charge in [0.1, 0.15) is 11.9 Å². The molecule has 14 rings (SSSR count). The summed E-state index contributed by atoms with van der Waals surface area (Å²) in [4.78, 5) is 0. The fourth-order valence-corrected chi connectivity index (χ4v) is 11.6. The first kappa shape index (κ1) is 37.0. The molecule has 12 aromatic rings. The molecule has 1 atom stereocenters. The molecule has 1 aromatic heterocycles. The third-order valence-corrected chi connectivity index (χ3v) is 14.3. The van der Waals surface area contributed by atoms with Crippen LogP contribution in [0.5, 0.6) is 5.75 Å². The van der Waals surface area contributed by atoms with Crippen LogP contribution in [0.3, 0.4) is 0 Å². The SMILES string of the molecule is C1=C(c2c3ccccc3c(-c3ccccc3)c3ccccc23)CC2Oc3c(cccc3-c3c4ccccc4c(-c4cccc5c4c4ccccc4n5-c4ccccc4)c4ccccc34)C2=C1. The molecule has 0 saturated heterocycles. The third kappa shape index (κ3) is 5.36. The summed E-state index contributed by atoms with van der Waals surface area (Å²) in [6.07, 6.45) is 5.37. The standard InChI is InChI=1S/C64H41NO/c1-3-19-40(20-4-1)59-44-23-7-9-25-46(44)60(47-26-10-8-24-45(47)59)41-37-38-43-52-32-17-34-55(64(52)66-58(43)39-41)62-50-29-13-11-27-48(50)61(49-28-12-14-30-51(49)62)54-33-18-36-57-63(54)53-31-15-16-35-56(53)65(57)42-21-5-2-6-22-42/h1-38,58H,39H2. The molecule has 2 heteroatoms. The van der Waals surface area contributed by atoms with Gasteiger partial charge in [-0.1, -0.05) is 206 Å².